The zero-order valence-electron chi connectivity index (χ0n) is 18.4. The number of thioether (sulfide) groups is 1. The molecule has 7 nitrogen and oxygen atoms in total. The molecule has 8 heteroatoms. The summed E-state index contributed by atoms with van der Waals surface area (Å²) in [5.41, 5.74) is 5.43. The lowest BCUT2D eigenvalue weighted by Gasteiger charge is -2.34. The van der Waals surface area contributed by atoms with Gasteiger partial charge in [0.25, 0.3) is 11.8 Å². The first-order valence-electron chi connectivity index (χ1n) is 10.6. The van der Waals surface area contributed by atoms with Crippen molar-refractivity contribution in [2.24, 2.45) is 5.73 Å². The van der Waals surface area contributed by atoms with Crippen molar-refractivity contribution in [1.82, 2.24) is 10.6 Å². The Balaban J connectivity index is 1.82. The van der Waals surface area contributed by atoms with Crippen molar-refractivity contribution in [3.8, 4) is 0 Å². The molecule has 33 heavy (non-hydrogen) atoms. The maximum absolute atomic E-state index is 14.0. The lowest BCUT2D eigenvalue weighted by molar-refractivity contribution is -0.139. The molecule has 3 aromatic carbocycles. The van der Waals surface area contributed by atoms with Crippen molar-refractivity contribution >= 4 is 45.9 Å². The van der Waals surface area contributed by atoms with Crippen LogP contribution >= 0.6 is 11.8 Å². The van der Waals surface area contributed by atoms with Gasteiger partial charge in [-0.25, -0.2) is 0 Å². The Morgan fingerprint density at radius 1 is 1.18 bits per heavy atom. The molecule has 0 saturated heterocycles. The second-order valence-corrected chi connectivity index (χ2v) is 8.96. The fourth-order valence-corrected chi connectivity index (χ4v) is 5.03. The Hall–Kier alpha value is -3.36. The van der Waals surface area contributed by atoms with Crippen LogP contribution in [0.3, 0.4) is 0 Å². The lowest BCUT2D eigenvalue weighted by Crippen LogP contribution is -2.69. The number of carbonyl (C=O) groups is 3. The van der Waals surface area contributed by atoms with Crippen LogP contribution < -0.4 is 21.3 Å². The number of hydrogen-bond donors (Lipinski definition) is 3. The van der Waals surface area contributed by atoms with Gasteiger partial charge in [-0.3, -0.25) is 14.4 Å². The van der Waals surface area contributed by atoms with Gasteiger partial charge in [0, 0.05) is 10.6 Å². The van der Waals surface area contributed by atoms with E-state index in [0.29, 0.717) is 10.6 Å². The number of likely N-dealkylation sites (N-methyl/N-ethyl adjacent to an activating group) is 1. The topological polar surface area (TPSA) is 105 Å². The summed E-state index contributed by atoms with van der Waals surface area (Å²) in [7, 11) is 1.63. The molecule has 0 fully saturated rings. The summed E-state index contributed by atoms with van der Waals surface area (Å²) in [6.07, 6.45) is 0. The highest BCUT2D eigenvalue weighted by Gasteiger charge is 2.51. The minimum atomic E-state index is -1.90. The van der Waals surface area contributed by atoms with E-state index in [0.717, 1.165) is 16.3 Å². The normalized spacial score (nSPS) is 19.0. The maximum Gasteiger partial charge on any atom is 0.263 e. The van der Waals surface area contributed by atoms with E-state index in [-0.39, 0.29) is 12.3 Å². The summed E-state index contributed by atoms with van der Waals surface area (Å²) in [6.45, 7) is 1.85. The summed E-state index contributed by atoms with van der Waals surface area (Å²) in [5, 5.41) is 7.53. The number of carbonyl (C=O) groups excluding carboxylic acids is 3. The van der Waals surface area contributed by atoms with E-state index < -0.39 is 29.3 Å². The molecule has 0 aromatic heterocycles. The number of nitrogens with zero attached hydrogens (tertiary/aromatic N) is 1. The van der Waals surface area contributed by atoms with Gasteiger partial charge in [0.15, 0.2) is 0 Å². The molecule has 0 aliphatic carbocycles. The van der Waals surface area contributed by atoms with Crippen LogP contribution in [0.15, 0.2) is 65.6 Å². The number of hydrogen-bond acceptors (Lipinski definition) is 5. The maximum atomic E-state index is 14.0. The van der Waals surface area contributed by atoms with Gasteiger partial charge in [-0.2, -0.15) is 0 Å². The lowest BCUT2D eigenvalue weighted by atomic mass is 9.96. The highest BCUT2D eigenvalue weighted by molar-refractivity contribution is 7.99. The Kier molecular flexibility index (Phi) is 6.40. The van der Waals surface area contributed by atoms with Gasteiger partial charge in [-0.1, -0.05) is 54.6 Å². The van der Waals surface area contributed by atoms with Crippen molar-refractivity contribution in [2.45, 2.75) is 29.9 Å². The first-order valence-corrected chi connectivity index (χ1v) is 11.6. The molecule has 4 N–H and O–H groups in total. The third-order valence-corrected chi connectivity index (χ3v) is 7.12. The van der Waals surface area contributed by atoms with E-state index in [1.54, 1.807) is 26.1 Å². The second kappa shape index (κ2) is 9.25. The van der Waals surface area contributed by atoms with Gasteiger partial charge >= 0.3 is 0 Å². The average molecular weight is 462 g/mol. The van der Waals surface area contributed by atoms with Crippen molar-refractivity contribution < 1.29 is 14.4 Å². The summed E-state index contributed by atoms with van der Waals surface area (Å²) in [6, 6.07) is 21.7. The predicted octanol–water partition coefficient (Wildman–Crippen LogP) is 2.23. The van der Waals surface area contributed by atoms with E-state index in [1.165, 1.54) is 16.7 Å². The molecular formula is C25H25N4O3S. The van der Waals surface area contributed by atoms with Crippen LogP contribution in [0.4, 0.5) is 5.69 Å². The van der Waals surface area contributed by atoms with Crippen LogP contribution in [0.5, 0.6) is 0 Å². The number of nitrogens with one attached hydrogen (secondary N) is 2. The number of nitrogens with two attached hydrogens (primary N) is 1. The molecule has 1 heterocycles. The Labute approximate surface area is 196 Å². The summed E-state index contributed by atoms with van der Waals surface area (Å²) < 4.78 is 0. The Morgan fingerprint density at radius 3 is 2.70 bits per heavy atom. The minimum Gasteiger partial charge on any atom is -0.367 e. The number of primary amides is 1. The third-order valence-electron chi connectivity index (χ3n) is 5.92. The van der Waals surface area contributed by atoms with E-state index in [1.807, 2.05) is 48.5 Å². The molecule has 1 radical (unpaired) electrons. The van der Waals surface area contributed by atoms with Gasteiger partial charge in [0.05, 0.1) is 18.3 Å². The molecule has 4 rings (SSSR count). The predicted molar refractivity (Wildman–Crippen MR) is 130 cm³/mol. The first-order chi connectivity index (χ1) is 15.9. The highest BCUT2D eigenvalue weighted by atomic mass is 32.2. The molecule has 0 saturated carbocycles. The van der Waals surface area contributed by atoms with Crippen LogP contribution in [-0.2, 0) is 20.9 Å². The smallest absolute Gasteiger partial charge is 0.263 e. The van der Waals surface area contributed by atoms with E-state index >= 15 is 0 Å². The molecular weight excluding hydrogens is 436 g/mol. The number of rotatable bonds is 6. The van der Waals surface area contributed by atoms with Crippen LogP contribution in [0, 0.1) is 6.07 Å². The molecule has 3 amide bonds. The first kappa shape index (κ1) is 22.8. The van der Waals surface area contributed by atoms with Crippen molar-refractivity contribution in [1.29, 1.82) is 0 Å². The van der Waals surface area contributed by atoms with Crippen LogP contribution in [0.25, 0.3) is 10.8 Å². The van der Waals surface area contributed by atoms with Crippen LogP contribution in [0.1, 0.15) is 12.5 Å². The van der Waals surface area contributed by atoms with E-state index in [2.05, 4.69) is 16.7 Å². The fourth-order valence-electron chi connectivity index (χ4n) is 3.86. The monoisotopic (exact) mass is 461 g/mol. The largest absolute Gasteiger partial charge is 0.367 e. The van der Waals surface area contributed by atoms with Gasteiger partial charge in [-0.15, -0.1) is 11.8 Å². The average Bonchev–Trinajstić information content (AvgIpc) is 2.95. The summed E-state index contributed by atoms with van der Waals surface area (Å²) >= 11 is 1.27. The molecule has 1 aliphatic heterocycles. The van der Waals surface area contributed by atoms with Gasteiger partial charge in [0.2, 0.25) is 11.4 Å². The SMILES string of the molecule is CN[C@@H](C)C(=O)N[C@@]1(C(N)=O)CSc2[c]cccc2N(Cc2cccc3ccccc23)C1=O. The van der Waals surface area contributed by atoms with Crippen LogP contribution in [-0.4, -0.2) is 42.1 Å². The number of benzene rings is 3. The zero-order valence-corrected chi connectivity index (χ0v) is 19.2. The quantitative estimate of drug-likeness (QED) is 0.489. The standard InChI is InChI=1S/C25H25N4O3S/c1-16(27-2)22(30)28-25(23(26)31)15-33-21-13-6-5-12-20(21)29(24(25)32)14-18-10-7-9-17-8-3-4-11-19(17)18/h3-12,16,27H,14-15H2,1-2H3,(H2,26,31)(H,28,30)/t16-,25+/m0/s1. The molecule has 1 aliphatic rings. The third kappa shape index (κ3) is 4.19. The van der Waals surface area contributed by atoms with E-state index in [4.69, 9.17) is 5.73 Å². The van der Waals surface area contributed by atoms with Gasteiger partial charge in [0.1, 0.15) is 0 Å². The van der Waals surface area contributed by atoms with Crippen molar-refractivity contribution in [2.75, 3.05) is 17.7 Å². The number of anilines is 1. The van der Waals surface area contributed by atoms with Gasteiger partial charge in [-0.05, 0) is 42.4 Å². The molecule has 2 atom stereocenters. The zero-order chi connectivity index (χ0) is 23.6. The second-order valence-electron chi connectivity index (χ2n) is 7.97. The molecule has 3 aromatic rings. The minimum absolute atomic E-state index is 0.0249. The number of fused-ring (bicyclic) bond motifs is 2. The van der Waals surface area contributed by atoms with Crippen LogP contribution in [0.2, 0.25) is 0 Å². The van der Waals surface area contributed by atoms with Crippen molar-refractivity contribution in [3.05, 3.63) is 72.3 Å². The molecule has 0 unspecified atom stereocenters. The molecule has 0 spiro atoms. The highest BCUT2D eigenvalue weighted by Crippen LogP contribution is 2.38. The summed E-state index contributed by atoms with van der Waals surface area (Å²) in [5.74, 6) is -1.97. The number of amides is 3. The van der Waals surface area contributed by atoms with E-state index in [9.17, 15) is 14.4 Å². The van der Waals surface area contributed by atoms with Crippen molar-refractivity contribution in [3.63, 3.8) is 0 Å². The Bertz CT molecular complexity index is 1230. The molecule has 169 valence electrons. The fraction of sp³-hybridized carbons (Fsp3) is 0.240. The Morgan fingerprint density at radius 2 is 1.94 bits per heavy atom. The molecule has 0 bridgehead atoms. The van der Waals surface area contributed by atoms with Gasteiger partial charge < -0.3 is 21.3 Å². The summed E-state index contributed by atoms with van der Waals surface area (Å²) in [4.78, 5) is 41.8.